The van der Waals surface area contributed by atoms with Crippen LogP contribution in [0.25, 0.3) is 0 Å². The van der Waals surface area contributed by atoms with Gasteiger partial charge in [0.15, 0.2) is 0 Å². The van der Waals surface area contributed by atoms with Crippen LogP contribution in [0.1, 0.15) is 12.8 Å². The molecule has 0 bridgehead atoms. The van der Waals surface area contributed by atoms with Crippen molar-refractivity contribution in [1.29, 1.82) is 0 Å². The van der Waals surface area contributed by atoms with Crippen LogP contribution in [-0.2, 0) is 0 Å². The van der Waals surface area contributed by atoms with Crippen molar-refractivity contribution in [2.45, 2.75) is 18.9 Å². The fourth-order valence-electron chi connectivity index (χ4n) is 2.61. The Hall–Kier alpha value is -2.60. The zero-order valence-electron chi connectivity index (χ0n) is 12.7. The first kappa shape index (κ1) is 15.3. The van der Waals surface area contributed by atoms with Gasteiger partial charge < -0.3 is 14.7 Å². The molecule has 0 radical (unpaired) electrons. The third kappa shape index (κ3) is 3.78. The molecule has 1 aliphatic heterocycles. The highest BCUT2D eigenvalue weighted by Gasteiger charge is 2.28. The van der Waals surface area contributed by atoms with Gasteiger partial charge in [0.2, 0.25) is 0 Å². The summed E-state index contributed by atoms with van der Waals surface area (Å²) in [5, 5.41) is 12.0. The van der Waals surface area contributed by atoms with Gasteiger partial charge in [-0.3, -0.25) is 5.32 Å². The van der Waals surface area contributed by atoms with Gasteiger partial charge >= 0.3 is 6.03 Å². The van der Waals surface area contributed by atoms with Crippen molar-refractivity contribution in [2.24, 2.45) is 0 Å². The normalized spacial score (nSPS) is 17.1. The quantitative estimate of drug-likeness (QED) is 0.910. The number of nitrogens with one attached hydrogen (secondary N) is 1. The summed E-state index contributed by atoms with van der Waals surface area (Å²) in [6, 6.07) is 12.5. The number of amides is 2. The van der Waals surface area contributed by atoms with E-state index in [0.717, 1.165) is 18.6 Å². The Morgan fingerprint density at radius 2 is 2.09 bits per heavy atom. The molecule has 2 amide bonds. The number of hydrogen-bond donors (Lipinski definition) is 2. The summed E-state index contributed by atoms with van der Waals surface area (Å²) in [6.45, 7) is 0.650. The van der Waals surface area contributed by atoms with Crippen LogP contribution in [0.4, 0.5) is 10.6 Å². The van der Waals surface area contributed by atoms with Crippen LogP contribution in [0, 0.1) is 0 Å². The standard InChI is InChI=1S/C17H19N3O3/c21-12-13-5-4-10-20(13)17(22)19-16-9-8-15(11-18-16)23-14-6-2-1-3-7-14/h1-3,6-9,11,13,21H,4-5,10,12H2,(H,18,19,22)/t13-/m1/s1. The summed E-state index contributed by atoms with van der Waals surface area (Å²) in [6.07, 6.45) is 3.31. The third-order valence-corrected chi connectivity index (χ3v) is 3.80. The van der Waals surface area contributed by atoms with Crippen LogP contribution in [0.5, 0.6) is 11.5 Å². The number of aliphatic hydroxyl groups excluding tert-OH is 1. The van der Waals surface area contributed by atoms with E-state index in [-0.39, 0.29) is 18.7 Å². The highest BCUT2D eigenvalue weighted by molar-refractivity contribution is 5.88. The van der Waals surface area contributed by atoms with Gasteiger partial charge in [0.05, 0.1) is 18.8 Å². The number of pyridine rings is 1. The zero-order chi connectivity index (χ0) is 16.1. The summed E-state index contributed by atoms with van der Waals surface area (Å²) >= 11 is 0. The number of benzene rings is 1. The highest BCUT2D eigenvalue weighted by atomic mass is 16.5. The molecule has 120 valence electrons. The molecule has 2 N–H and O–H groups in total. The summed E-state index contributed by atoms with van der Waals surface area (Å²) in [4.78, 5) is 18.0. The van der Waals surface area contributed by atoms with E-state index in [1.165, 1.54) is 0 Å². The number of hydrogen-bond acceptors (Lipinski definition) is 4. The molecule has 0 aliphatic carbocycles. The Bertz CT molecular complexity index is 646. The van der Waals surface area contributed by atoms with Gasteiger partial charge in [-0.2, -0.15) is 0 Å². The van der Waals surface area contributed by atoms with Crippen molar-refractivity contribution < 1.29 is 14.6 Å². The first-order chi connectivity index (χ1) is 11.3. The van der Waals surface area contributed by atoms with Gasteiger partial charge in [-0.25, -0.2) is 9.78 Å². The minimum atomic E-state index is -0.231. The summed E-state index contributed by atoms with van der Waals surface area (Å²) in [7, 11) is 0. The zero-order valence-corrected chi connectivity index (χ0v) is 12.7. The molecule has 1 aromatic heterocycles. The lowest BCUT2D eigenvalue weighted by Crippen LogP contribution is -2.40. The number of aromatic nitrogens is 1. The molecule has 1 atom stereocenters. The van der Waals surface area contributed by atoms with E-state index >= 15 is 0 Å². The topological polar surface area (TPSA) is 74.7 Å². The van der Waals surface area contributed by atoms with Gasteiger partial charge in [0.1, 0.15) is 17.3 Å². The predicted octanol–water partition coefficient (Wildman–Crippen LogP) is 2.86. The van der Waals surface area contributed by atoms with Crippen LogP contribution >= 0.6 is 0 Å². The second-order valence-corrected chi connectivity index (χ2v) is 5.40. The molecule has 6 nitrogen and oxygen atoms in total. The molecule has 2 aromatic rings. The monoisotopic (exact) mass is 313 g/mol. The lowest BCUT2D eigenvalue weighted by Gasteiger charge is -2.23. The maximum absolute atomic E-state index is 12.2. The fraction of sp³-hybridized carbons (Fsp3) is 0.294. The number of aliphatic hydroxyl groups is 1. The van der Waals surface area contributed by atoms with Crippen LogP contribution in [-0.4, -0.2) is 40.2 Å². The fourth-order valence-corrected chi connectivity index (χ4v) is 2.61. The average Bonchev–Trinajstić information content (AvgIpc) is 3.06. The first-order valence-corrected chi connectivity index (χ1v) is 7.63. The molecule has 6 heteroatoms. The predicted molar refractivity (Wildman–Crippen MR) is 86.6 cm³/mol. The minimum Gasteiger partial charge on any atom is -0.456 e. The molecule has 0 saturated carbocycles. The molecule has 1 saturated heterocycles. The molecule has 1 aromatic carbocycles. The molecule has 1 fully saturated rings. The highest BCUT2D eigenvalue weighted by Crippen LogP contribution is 2.22. The summed E-state index contributed by atoms with van der Waals surface area (Å²) < 4.78 is 5.65. The van der Waals surface area contributed by atoms with Gasteiger partial charge in [0.25, 0.3) is 0 Å². The number of rotatable bonds is 4. The molecule has 23 heavy (non-hydrogen) atoms. The Kier molecular flexibility index (Phi) is 4.73. The minimum absolute atomic E-state index is 0.00922. The molecule has 0 unspecified atom stereocenters. The van der Waals surface area contributed by atoms with E-state index in [2.05, 4.69) is 10.3 Å². The van der Waals surface area contributed by atoms with Crippen LogP contribution in [0.3, 0.4) is 0 Å². The number of nitrogens with zero attached hydrogens (tertiary/aromatic N) is 2. The maximum Gasteiger partial charge on any atom is 0.323 e. The lowest BCUT2D eigenvalue weighted by atomic mass is 10.2. The number of likely N-dealkylation sites (tertiary alicyclic amines) is 1. The van der Waals surface area contributed by atoms with Gasteiger partial charge in [0, 0.05) is 6.54 Å². The molecular formula is C17H19N3O3. The van der Waals surface area contributed by atoms with Crippen molar-refractivity contribution in [1.82, 2.24) is 9.88 Å². The Morgan fingerprint density at radius 1 is 1.26 bits per heavy atom. The second-order valence-electron chi connectivity index (χ2n) is 5.40. The molecule has 0 spiro atoms. The van der Waals surface area contributed by atoms with Crippen LogP contribution < -0.4 is 10.1 Å². The first-order valence-electron chi connectivity index (χ1n) is 7.63. The second kappa shape index (κ2) is 7.11. The van der Waals surface area contributed by atoms with Gasteiger partial charge in [-0.1, -0.05) is 18.2 Å². The summed E-state index contributed by atoms with van der Waals surface area (Å²) in [5.41, 5.74) is 0. The Labute approximate surface area is 134 Å². The SMILES string of the molecule is O=C(Nc1ccc(Oc2ccccc2)cn1)N1CCC[C@@H]1CO. The number of carbonyl (C=O) groups excluding carboxylic acids is 1. The smallest absolute Gasteiger partial charge is 0.323 e. The molecule has 3 rings (SSSR count). The molecule has 1 aliphatic rings. The Balaban J connectivity index is 1.60. The van der Waals surface area contributed by atoms with Gasteiger partial charge in [-0.15, -0.1) is 0 Å². The summed E-state index contributed by atoms with van der Waals surface area (Å²) in [5.74, 6) is 1.79. The van der Waals surface area contributed by atoms with Crippen molar-refractivity contribution >= 4 is 11.8 Å². The number of para-hydroxylation sites is 1. The van der Waals surface area contributed by atoms with Crippen molar-refractivity contribution in [3.8, 4) is 11.5 Å². The van der Waals surface area contributed by atoms with Crippen molar-refractivity contribution in [3.63, 3.8) is 0 Å². The van der Waals surface area contributed by atoms with Crippen molar-refractivity contribution in [2.75, 3.05) is 18.5 Å². The maximum atomic E-state index is 12.2. The van der Waals surface area contributed by atoms with Crippen LogP contribution in [0.2, 0.25) is 0 Å². The average molecular weight is 313 g/mol. The van der Waals surface area contributed by atoms with E-state index in [1.54, 1.807) is 23.2 Å². The van der Waals surface area contributed by atoms with Crippen molar-refractivity contribution in [3.05, 3.63) is 48.7 Å². The largest absolute Gasteiger partial charge is 0.456 e. The van der Waals surface area contributed by atoms with Crippen LogP contribution in [0.15, 0.2) is 48.7 Å². The molecule has 2 heterocycles. The van der Waals surface area contributed by atoms with E-state index in [1.807, 2.05) is 30.3 Å². The van der Waals surface area contributed by atoms with E-state index in [9.17, 15) is 9.90 Å². The Morgan fingerprint density at radius 3 is 2.78 bits per heavy atom. The van der Waals surface area contributed by atoms with E-state index in [4.69, 9.17) is 4.74 Å². The lowest BCUT2D eigenvalue weighted by molar-refractivity contribution is 0.166. The number of carbonyl (C=O) groups is 1. The number of ether oxygens (including phenoxy) is 1. The number of urea groups is 1. The van der Waals surface area contributed by atoms with Gasteiger partial charge in [-0.05, 0) is 37.1 Å². The molecular weight excluding hydrogens is 294 g/mol. The third-order valence-electron chi connectivity index (χ3n) is 3.80. The van der Waals surface area contributed by atoms with E-state index in [0.29, 0.717) is 18.1 Å². The van der Waals surface area contributed by atoms with E-state index < -0.39 is 0 Å². The number of anilines is 1.